The van der Waals surface area contributed by atoms with Crippen molar-refractivity contribution in [3.63, 3.8) is 0 Å². The summed E-state index contributed by atoms with van der Waals surface area (Å²) in [4.78, 5) is 24.9. The van der Waals surface area contributed by atoms with Crippen LogP contribution in [0.3, 0.4) is 0 Å². The first kappa shape index (κ1) is 13.6. The number of aryl methyl sites for hydroxylation is 1. The van der Waals surface area contributed by atoms with E-state index in [1.165, 1.54) is 10.8 Å². The van der Waals surface area contributed by atoms with E-state index in [0.717, 1.165) is 0 Å². The second-order valence-electron chi connectivity index (χ2n) is 3.95. The first-order chi connectivity index (χ1) is 7.61. The molecule has 17 heavy (non-hydrogen) atoms. The fourth-order valence-corrected chi connectivity index (χ4v) is 1.83. The van der Waals surface area contributed by atoms with Crippen LogP contribution in [0.5, 0.6) is 0 Å². The highest BCUT2D eigenvalue weighted by atomic mass is 16.5. The number of aliphatic hydroxyl groups is 1. The predicted molar refractivity (Wildman–Crippen MR) is 59.9 cm³/mol. The topological polar surface area (TPSA) is 116 Å². The molecule has 2 atom stereocenters. The minimum absolute atomic E-state index is 0. The third-order valence-electron chi connectivity index (χ3n) is 2.74. The number of aliphatic hydroxyl groups excluding tert-OH is 1. The predicted octanol–water partition coefficient (Wildman–Crippen LogP) is -1.31. The molecule has 2 heterocycles. The van der Waals surface area contributed by atoms with Gasteiger partial charge in [0.05, 0.1) is 12.7 Å². The molecule has 0 bridgehead atoms. The summed E-state index contributed by atoms with van der Waals surface area (Å²) in [7, 11) is 0. The van der Waals surface area contributed by atoms with E-state index < -0.39 is 5.69 Å². The van der Waals surface area contributed by atoms with E-state index >= 15 is 0 Å². The SMILES string of the molecule is Cc1cn([C@H]2CC[C@@H](CO)O2)c(=O)[nH]c1=O.O. The smallest absolute Gasteiger partial charge is 0.330 e. The molecular formula is C10H16N2O5. The summed E-state index contributed by atoms with van der Waals surface area (Å²) in [5, 5.41) is 8.93. The third kappa shape index (κ3) is 2.63. The molecule has 1 aliphatic heterocycles. The Hall–Kier alpha value is -1.44. The van der Waals surface area contributed by atoms with Gasteiger partial charge in [-0.25, -0.2) is 4.79 Å². The van der Waals surface area contributed by atoms with Gasteiger partial charge >= 0.3 is 5.69 Å². The molecule has 7 nitrogen and oxygen atoms in total. The molecule has 0 unspecified atom stereocenters. The Bertz CT molecular complexity index is 492. The Balaban J connectivity index is 0.00000144. The molecule has 7 heteroatoms. The summed E-state index contributed by atoms with van der Waals surface area (Å²) in [6.07, 6.45) is 2.26. The van der Waals surface area contributed by atoms with Gasteiger partial charge < -0.3 is 15.3 Å². The third-order valence-corrected chi connectivity index (χ3v) is 2.74. The molecule has 0 saturated carbocycles. The van der Waals surface area contributed by atoms with Crippen molar-refractivity contribution < 1.29 is 15.3 Å². The van der Waals surface area contributed by atoms with Crippen LogP contribution in [0.25, 0.3) is 0 Å². The zero-order chi connectivity index (χ0) is 11.7. The maximum Gasteiger partial charge on any atom is 0.330 e. The molecule has 1 aliphatic rings. The average Bonchev–Trinajstić information content (AvgIpc) is 2.71. The van der Waals surface area contributed by atoms with Gasteiger partial charge in [0.2, 0.25) is 0 Å². The van der Waals surface area contributed by atoms with E-state index in [-0.39, 0.29) is 30.0 Å². The lowest BCUT2D eigenvalue weighted by Gasteiger charge is -2.14. The summed E-state index contributed by atoms with van der Waals surface area (Å²) < 4.78 is 6.83. The summed E-state index contributed by atoms with van der Waals surface area (Å²) in [6, 6.07) is 0. The van der Waals surface area contributed by atoms with Crippen LogP contribution in [-0.4, -0.2) is 32.8 Å². The van der Waals surface area contributed by atoms with Crippen LogP contribution in [0.15, 0.2) is 15.8 Å². The van der Waals surface area contributed by atoms with Crippen LogP contribution in [0.2, 0.25) is 0 Å². The van der Waals surface area contributed by atoms with Crippen molar-refractivity contribution in [1.29, 1.82) is 0 Å². The standard InChI is InChI=1S/C10H14N2O4.H2O/c1-6-4-12(10(15)11-9(6)14)8-3-2-7(5-13)16-8;/h4,7-8,13H,2-3,5H2,1H3,(H,11,14,15);1H2/t7-,8+;/m0./s1. The Morgan fingerprint density at radius 2 is 2.24 bits per heavy atom. The van der Waals surface area contributed by atoms with Crippen molar-refractivity contribution >= 4 is 0 Å². The number of aromatic amines is 1. The van der Waals surface area contributed by atoms with Gasteiger partial charge in [-0.3, -0.25) is 14.3 Å². The summed E-state index contributed by atoms with van der Waals surface area (Å²) in [5.41, 5.74) is -0.382. The van der Waals surface area contributed by atoms with E-state index in [1.807, 2.05) is 0 Å². The molecule has 0 aliphatic carbocycles. The van der Waals surface area contributed by atoms with Crippen LogP contribution >= 0.6 is 0 Å². The molecule has 0 spiro atoms. The molecule has 1 aromatic heterocycles. The number of nitrogens with one attached hydrogen (secondary N) is 1. The van der Waals surface area contributed by atoms with Crippen LogP contribution in [0.4, 0.5) is 0 Å². The van der Waals surface area contributed by atoms with Crippen LogP contribution in [-0.2, 0) is 4.74 Å². The van der Waals surface area contributed by atoms with Crippen LogP contribution in [0.1, 0.15) is 24.6 Å². The highest BCUT2D eigenvalue weighted by Gasteiger charge is 2.26. The molecule has 0 amide bonds. The van der Waals surface area contributed by atoms with Crippen LogP contribution in [0, 0.1) is 6.92 Å². The number of hydrogen-bond acceptors (Lipinski definition) is 4. The Labute approximate surface area is 97.0 Å². The lowest BCUT2D eigenvalue weighted by atomic mass is 10.2. The minimum atomic E-state index is -0.473. The quantitative estimate of drug-likeness (QED) is 0.671. The number of H-pyrrole nitrogens is 1. The zero-order valence-electron chi connectivity index (χ0n) is 9.47. The Morgan fingerprint density at radius 1 is 1.53 bits per heavy atom. The van der Waals surface area contributed by atoms with E-state index in [4.69, 9.17) is 9.84 Å². The van der Waals surface area contributed by atoms with E-state index in [1.54, 1.807) is 6.92 Å². The molecule has 1 aromatic rings. The van der Waals surface area contributed by atoms with Gasteiger partial charge in [-0.15, -0.1) is 0 Å². The fraction of sp³-hybridized carbons (Fsp3) is 0.600. The number of aromatic nitrogens is 2. The number of rotatable bonds is 2. The monoisotopic (exact) mass is 244 g/mol. The lowest BCUT2D eigenvalue weighted by Crippen LogP contribution is -2.33. The normalized spacial score (nSPS) is 23.4. The first-order valence-corrected chi connectivity index (χ1v) is 5.20. The minimum Gasteiger partial charge on any atom is -0.412 e. The van der Waals surface area contributed by atoms with Gasteiger partial charge in [0.25, 0.3) is 5.56 Å². The van der Waals surface area contributed by atoms with Crippen molar-refractivity contribution in [2.24, 2.45) is 0 Å². The summed E-state index contributed by atoms with van der Waals surface area (Å²) >= 11 is 0. The molecule has 4 N–H and O–H groups in total. The van der Waals surface area contributed by atoms with E-state index in [2.05, 4.69) is 4.98 Å². The number of ether oxygens (including phenoxy) is 1. The molecule has 2 rings (SSSR count). The average molecular weight is 244 g/mol. The highest BCUT2D eigenvalue weighted by Crippen LogP contribution is 2.26. The van der Waals surface area contributed by atoms with Crippen molar-refractivity contribution in [2.45, 2.75) is 32.1 Å². The Kier molecular flexibility index (Phi) is 4.22. The largest absolute Gasteiger partial charge is 0.412 e. The lowest BCUT2D eigenvalue weighted by molar-refractivity contribution is -0.0247. The maximum atomic E-state index is 11.5. The molecular weight excluding hydrogens is 228 g/mol. The second-order valence-corrected chi connectivity index (χ2v) is 3.95. The van der Waals surface area contributed by atoms with Crippen molar-refractivity contribution in [2.75, 3.05) is 6.61 Å². The number of nitrogens with zero attached hydrogens (tertiary/aromatic N) is 1. The fourth-order valence-electron chi connectivity index (χ4n) is 1.83. The van der Waals surface area contributed by atoms with Crippen molar-refractivity contribution in [3.8, 4) is 0 Å². The number of hydrogen-bond donors (Lipinski definition) is 2. The summed E-state index contributed by atoms with van der Waals surface area (Å²) in [6.45, 7) is 1.58. The van der Waals surface area contributed by atoms with Crippen molar-refractivity contribution in [1.82, 2.24) is 9.55 Å². The molecule has 96 valence electrons. The van der Waals surface area contributed by atoms with Gasteiger partial charge in [-0.05, 0) is 19.8 Å². The molecule has 1 fully saturated rings. The van der Waals surface area contributed by atoms with Crippen molar-refractivity contribution in [3.05, 3.63) is 32.6 Å². The second kappa shape index (κ2) is 5.26. The molecule has 0 radical (unpaired) electrons. The van der Waals surface area contributed by atoms with Gasteiger partial charge in [0.1, 0.15) is 6.23 Å². The van der Waals surface area contributed by atoms with Crippen LogP contribution < -0.4 is 11.2 Å². The first-order valence-electron chi connectivity index (χ1n) is 5.20. The maximum absolute atomic E-state index is 11.5. The molecule has 1 saturated heterocycles. The van der Waals surface area contributed by atoms with Gasteiger partial charge in [-0.1, -0.05) is 0 Å². The van der Waals surface area contributed by atoms with Gasteiger partial charge in [0, 0.05) is 11.8 Å². The van der Waals surface area contributed by atoms with Gasteiger partial charge in [-0.2, -0.15) is 0 Å². The molecule has 0 aromatic carbocycles. The zero-order valence-corrected chi connectivity index (χ0v) is 9.47. The van der Waals surface area contributed by atoms with E-state index in [0.29, 0.717) is 18.4 Å². The summed E-state index contributed by atoms with van der Waals surface area (Å²) in [5.74, 6) is 0. The highest BCUT2D eigenvalue weighted by molar-refractivity contribution is 5.01. The van der Waals surface area contributed by atoms with E-state index in [9.17, 15) is 9.59 Å². The van der Waals surface area contributed by atoms with Gasteiger partial charge in [0.15, 0.2) is 0 Å². The Morgan fingerprint density at radius 3 is 2.82 bits per heavy atom.